The molecule has 0 fully saturated rings. The quantitative estimate of drug-likeness (QED) is 0.220. The number of hydrogen-bond donors (Lipinski definition) is 0. The van der Waals surface area contributed by atoms with Gasteiger partial charge in [-0.2, -0.15) is 0 Å². The monoisotopic (exact) mass is 402 g/mol. The molecule has 0 saturated carbocycles. The zero-order valence-electron chi connectivity index (χ0n) is 19.6. The maximum atomic E-state index is 5.84. The van der Waals surface area contributed by atoms with Crippen LogP contribution in [0.5, 0.6) is 0 Å². The molecule has 0 aliphatic rings. The molecule has 0 aliphatic heterocycles. The standard InChI is InChI=1S/C16H13B.C12H12.C2H6/c1-12-3-6-14(7-4-12)9-10-15-8-5-13(2)16(17)11-15;1-9-7-8-10(2)12-6-4-3-5-11(9)12;1-2/h3-8,11H,1-2H3;3-8H,1-2H3;1-2H3. The van der Waals surface area contributed by atoms with E-state index < -0.39 is 0 Å². The lowest BCUT2D eigenvalue weighted by Gasteiger charge is -2.03. The Morgan fingerprint density at radius 2 is 1.00 bits per heavy atom. The molecule has 0 nitrogen and oxygen atoms in total. The molecule has 0 bridgehead atoms. The highest BCUT2D eigenvalue weighted by molar-refractivity contribution is 6.33. The summed E-state index contributed by atoms with van der Waals surface area (Å²) in [5.41, 5.74) is 7.82. The Balaban J connectivity index is 0.000000214. The van der Waals surface area contributed by atoms with Crippen molar-refractivity contribution in [2.24, 2.45) is 0 Å². The van der Waals surface area contributed by atoms with Gasteiger partial charge in [-0.15, -0.1) is 0 Å². The van der Waals surface area contributed by atoms with Gasteiger partial charge in [-0.1, -0.05) is 103 Å². The van der Waals surface area contributed by atoms with Gasteiger partial charge < -0.3 is 0 Å². The Hall–Kier alpha value is -3.24. The smallest absolute Gasteiger partial charge is 0.0926 e. The minimum Gasteiger partial charge on any atom is -0.0926 e. The van der Waals surface area contributed by atoms with Gasteiger partial charge in [-0.3, -0.25) is 0 Å². The largest absolute Gasteiger partial charge is 0.114 e. The van der Waals surface area contributed by atoms with Crippen LogP contribution >= 0.6 is 0 Å². The molecule has 4 aromatic rings. The van der Waals surface area contributed by atoms with E-state index in [-0.39, 0.29) is 0 Å². The van der Waals surface area contributed by atoms with E-state index in [0.717, 1.165) is 22.2 Å². The second-order valence-electron chi connectivity index (χ2n) is 7.43. The van der Waals surface area contributed by atoms with Crippen molar-refractivity contribution in [2.75, 3.05) is 0 Å². The summed E-state index contributed by atoms with van der Waals surface area (Å²) in [6.45, 7) is 12.4. The van der Waals surface area contributed by atoms with Gasteiger partial charge in [0, 0.05) is 11.1 Å². The fourth-order valence-corrected chi connectivity index (χ4v) is 3.10. The summed E-state index contributed by atoms with van der Waals surface area (Å²) in [6.07, 6.45) is 0. The van der Waals surface area contributed by atoms with Crippen molar-refractivity contribution in [2.45, 2.75) is 41.5 Å². The van der Waals surface area contributed by atoms with E-state index in [9.17, 15) is 0 Å². The Morgan fingerprint density at radius 1 is 0.548 bits per heavy atom. The van der Waals surface area contributed by atoms with Crippen LogP contribution in [0.3, 0.4) is 0 Å². The van der Waals surface area contributed by atoms with Crippen LogP contribution in [0.1, 0.15) is 47.2 Å². The van der Waals surface area contributed by atoms with E-state index >= 15 is 0 Å². The molecule has 0 heterocycles. The second-order valence-corrected chi connectivity index (χ2v) is 7.43. The highest BCUT2D eigenvalue weighted by Gasteiger charge is 1.97. The Morgan fingerprint density at radius 3 is 1.52 bits per heavy atom. The minimum atomic E-state index is 0.792. The van der Waals surface area contributed by atoms with Crippen LogP contribution in [0, 0.1) is 39.5 Å². The fourth-order valence-electron chi connectivity index (χ4n) is 3.10. The first kappa shape index (κ1) is 24.0. The molecule has 0 N–H and O–H groups in total. The summed E-state index contributed by atoms with van der Waals surface area (Å²) in [5.74, 6) is 6.25. The molecule has 0 saturated heterocycles. The molecule has 1 heteroatoms. The lowest BCUT2D eigenvalue weighted by molar-refractivity contribution is 1.46. The molecule has 154 valence electrons. The highest BCUT2D eigenvalue weighted by atomic mass is 14.0. The molecule has 0 atom stereocenters. The number of rotatable bonds is 0. The molecule has 4 aromatic carbocycles. The van der Waals surface area contributed by atoms with E-state index in [4.69, 9.17) is 7.85 Å². The van der Waals surface area contributed by atoms with Crippen molar-refractivity contribution in [1.29, 1.82) is 0 Å². The molecular formula is C30H31B. The van der Waals surface area contributed by atoms with Crippen molar-refractivity contribution in [3.05, 3.63) is 112 Å². The normalized spacial score (nSPS) is 9.48. The Labute approximate surface area is 189 Å². The molecule has 0 aliphatic carbocycles. The zero-order chi connectivity index (χ0) is 22.8. The third-order valence-corrected chi connectivity index (χ3v) is 5.04. The minimum absolute atomic E-state index is 0.792. The molecule has 4 rings (SSSR count). The van der Waals surface area contributed by atoms with Gasteiger partial charge in [0.05, 0.1) is 0 Å². The van der Waals surface area contributed by atoms with Crippen molar-refractivity contribution >= 4 is 24.1 Å². The number of benzene rings is 4. The fraction of sp³-hybridized carbons (Fsp3) is 0.200. The first-order valence-electron chi connectivity index (χ1n) is 10.8. The van der Waals surface area contributed by atoms with Gasteiger partial charge in [-0.25, -0.2) is 0 Å². The van der Waals surface area contributed by atoms with Crippen molar-refractivity contribution in [3.63, 3.8) is 0 Å². The van der Waals surface area contributed by atoms with Crippen LogP contribution in [0.2, 0.25) is 0 Å². The lowest BCUT2D eigenvalue weighted by atomic mass is 9.90. The first-order chi connectivity index (χ1) is 14.9. The SMILES string of the molecule is CC.Cc1ccc(C)c2ccccc12.[B]c1cc(C#Cc2ccc(C)cc2)ccc1C. The van der Waals surface area contributed by atoms with Gasteiger partial charge in [0.15, 0.2) is 0 Å². The van der Waals surface area contributed by atoms with E-state index in [1.54, 1.807) is 0 Å². The summed E-state index contributed by atoms with van der Waals surface area (Å²) in [5, 5.41) is 2.75. The Kier molecular flexibility index (Phi) is 9.17. The molecule has 0 aromatic heterocycles. The number of fused-ring (bicyclic) bond motifs is 1. The van der Waals surface area contributed by atoms with E-state index in [2.05, 4.69) is 81.1 Å². The van der Waals surface area contributed by atoms with Crippen molar-refractivity contribution in [1.82, 2.24) is 0 Å². The third kappa shape index (κ3) is 6.90. The van der Waals surface area contributed by atoms with Gasteiger partial charge in [0.25, 0.3) is 0 Å². The zero-order valence-corrected chi connectivity index (χ0v) is 19.6. The van der Waals surface area contributed by atoms with E-state index in [0.29, 0.717) is 0 Å². The Bertz CT molecular complexity index is 1150. The second kappa shape index (κ2) is 11.8. The van der Waals surface area contributed by atoms with Gasteiger partial charge in [0.1, 0.15) is 7.85 Å². The molecule has 2 radical (unpaired) electrons. The van der Waals surface area contributed by atoms with Crippen LogP contribution in [0.4, 0.5) is 0 Å². The summed E-state index contributed by atoms with van der Waals surface area (Å²) < 4.78 is 0. The summed E-state index contributed by atoms with van der Waals surface area (Å²) in [6, 6.07) is 27.0. The summed E-state index contributed by atoms with van der Waals surface area (Å²) in [7, 11) is 5.84. The van der Waals surface area contributed by atoms with Crippen LogP contribution < -0.4 is 5.46 Å². The number of hydrogen-bond acceptors (Lipinski definition) is 0. The van der Waals surface area contributed by atoms with E-state index in [1.807, 2.05) is 51.1 Å². The molecule has 31 heavy (non-hydrogen) atoms. The average molecular weight is 402 g/mol. The average Bonchev–Trinajstić information content (AvgIpc) is 2.80. The molecule has 0 spiro atoms. The maximum absolute atomic E-state index is 5.84. The molecular weight excluding hydrogens is 371 g/mol. The van der Waals surface area contributed by atoms with Crippen LogP contribution in [0.25, 0.3) is 10.8 Å². The summed E-state index contributed by atoms with van der Waals surface area (Å²) >= 11 is 0. The lowest BCUT2D eigenvalue weighted by Crippen LogP contribution is -2.06. The van der Waals surface area contributed by atoms with Gasteiger partial charge in [0.2, 0.25) is 0 Å². The van der Waals surface area contributed by atoms with Gasteiger partial charge >= 0.3 is 0 Å². The third-order valence-electron chi connectivity index (χ3n) is 5.04. The predicted molar refractivity (Wildman–Crippen MR) is 138 cm³/mol. The molecule has 0 amide bonds. The molecule has 0 unspecified atom stereocenters. The van der Waals surface area contributed by atoms with E-state index in [1.165, 1.54) is 27.5 Å². The highest BCUT2D eigenvalue weighted by Crippen LogP contribution is 2.21. The first-order valence-corrected chi connectivity index (χ1v) is 10.8. The van der Waals surface area contributed by atoms with Crippen molar-refractivity contribution < 1.29 is 0 Å². The predicted octanol–water partition coefficient (Wildman–Crippen LogP) is 6.98. The number of aryl methyl sites for hydroxylation is 4. The van der Waals surface area contributed by atoms with Crippen LogP contribution in [-0.4, -0.2) is 7.85 Å². The van der Waals surface area contributed by atoms with Crippen molar-refractivity contribution in [3.8, 4) is 11.8 Å². The summed E-state index contributed by atoms with van der Waals surface area (Å²) in [4.78, 5) is 0. The van der Waals surface area contributed by atoms with Crippen LogP contribution in [-0.2, 0) is 0 Å². The van der Waals surface area contributed by atoms with Crippen LogP contribution in [0.15, 0.2) is 78.9 Å². The maximum Gasteiger partial charge on any atom is 0.114 e. The topological polar surface area (TPSA) is 0 Å². The van der Waals surface area contributed by atoms with Gasteiger partial charge in [-0.05, 0) is 67.8 Å².